The number of ether oxygens (including phenoxy) is 1. The standard InChI is InChI=1S/C17H32N2O2/c18-13-5-4-8-17(20)19-14-9-11-16(12-10-14)21-15-6-2-1-3-7-15/h9,15-17,19-20H,1-8,10-13,18H2. The van der Waals surface area contributed by atoms with E-state index in [-0.39, 0.29) is 0 Å². The summed E-state index contributed by atoms with van der Waals surface area (Å²) in [5.41, 5.74) is 6.64. The van der Waals surface area contributed by atoms with Crippen LogP contribution in [0.4, 0.5) is 0 Å². The Morgan fingerprint density at radius 3 is 2.67 bits per heavy atom. The lowest BCUT2D eigenvalue weighted by Crippen LogP contribution is -2.32. The Morgan fingerprint density at radius 1 is 1.19 bits per heavy atom. The van der Waals surface area contributed by atoms with Crippen molar-refractivity contribution in [1.29, 1.82) is 0 Å². The van der Waals surface area contributed by atoms with E-state index in [0.29, 0.717) is 18.8 Å². The van der Waals surface area contributed by atoms with Crippen LogP contribution >= 0.6 is 0 Å². The van der Waals surface area contributed by atoms with Gasteiger partial charge >= 0.3 is 0 Å². The lowest BCUT2D eigenvalue weighted by Gasteiger charge is -2.30. The van der Waals surface area contributed by atoms with Crippen molar-refractivity contribution in [2.75, 3.05) is 6.54 Å². The minimum absolute atomic E-state index is 0.382. The van der Waals surface area contributed by atoms with E-state index in [9.17, 15) is 5.11 Å². The summed E-state index contributed by atoms with van der Waals surface area (Å²) < 4.78 is 6.22. The molecule has 1 saturated carbocycles. The molecular weight excluding hydrogens is 264 g/mol. The Hall–Kier alpha value is -0.580. The van der Waals surface area contributed by atoms with Gasteiger partial charge in [0.2, 0.25) is 0 Å². The zero-order chi connectivity index (χ0) is 14.9. The predicted molar refractivity (Wildman–Crippen MR) is 85.7 cm³/mol. The second-order valence-electron chi connectivity index (χ2n) is 6.47. The van der Waals surface area contributed by atoms with Gasteiger partial charge in [0.1, 0.15) is 6.23 Å². The molecule has 2 rings (SSSR count). The summed E-state index contributed by atoms with van der Waals surface area (Å²) in [6, 6.07) is 0. The summed E-state index contributed by atoms with van der Waals surface area (Å²) in [7, 11) is 0. The lowest BCUT2D eigenvalue weighted by molar-refractivity contribution is -0.0342. The topological polar surface area (TPSA) is 67.5 Å². The highest BCUT2D eigenvalue weighted by Crippen LogP contribution is 2.26. The van der Waals surface area contributed by atoms with E-state index >= 15 is 0 Å². The van der Waals surface area contributed by atoms with Crippen molar-refractivity contribution in [3.05, 3.63) is 11.8 Å². The molecule has 0 aromatic heterocycles. The molecule has 21 heavy (non-hydrogen) atoms. The Balaban J connectivity index is 1.64. The molecule has 0 aromatic rings. The molecule has 0 spiro atoms. The van der Waals surface area contributed by atoms with Gasteiger partial charge in [0, 0.05) is 5.70 Å². The summed E-state index contributed by atoms with van der Waals surface area (Å²) >= 11 is 0. The van der Waals surface area contributed by atoms with Crippen LogP contribution in [0.3, 0.4) is 0 Å². The van der Waals surface area contributed by atoms with Crippen molar-refractivity contribution in [3.63, 3.8) is 0 Å². The van der Waals surface area contributed by atoms with Crippen LogP contribution in [0.25, 0.3) is 0 Å². The minimum atomic E-state index is -0.432. The highest BCUT2D eigenvalue weighted by molar-refractivity contribution is 5.05. The summed E-state index contributed by atoms with van der Waals surface area (Å²) in [5.74, 6) is 0. The third-order valence-electron chi connectivity index (χ3n) is 4.58. The fourth-order valence-corrected chi connectivity index (χ4v) is 3.31. The number of rotatable bonds is 8. The predicted octanol–water partition coefficient (Wildman–Crippen LogP) is 2.81. The van der Waals surface area contributed by atoms with Gasteiger partial charge in [0.15, 0.2) is 0 Å². The molecule has 122 valence electrons. The molecule has 2 atom stereocenters. The zero-order valence-corrected chi connectivity index (χ0v) is 13.2. The minimum Gasteiger partial charge on any atom is -0.375 e. The van der Waals surface area contributed by atoms with Gasteiger partial charge in [-0.15, -0.1) is 0 Å². The van der Waals surface area contributed by atoms with Crippen LogP contribution in [-0.2, 0) is 4.74 Å². The molecule has 0 heterocycles. The van der Waals surface area contributed by atoms with Crippen molar-refractivity contribution in [2.45, 2.75) is 89.1 Å². The van der Waals surface area contributed by atoms with Gasteiger partial charge in [0.25, 0.3) is 0 Å². The van der Waals surface area contributed by atoms with Crippen LogP contribution in [0, 0.1) is 0 Å². The molecule has 0 radical (unpaired) electrons. The molecule has 4 heteroatoms. The first-order chi connectivity index (χ1) is 10.3. The third kappa shape index (κ3) is 6.37. The fourth-order valence-electron chi connectivity index (χ4n) is 3.31. The molecule has 0 saturated heterocycles. The Kier molecular flexibility index (Phi) is 7.54. The van der Waals surface area contributed by atoms with Crippen molar-refractivity contribution >= 4 is 0 Å². The average Bonchev–Trinajstić information content (AvgIpc) is 2.51. The van der Waals surface area contributed by atoms with Gasteiger partial charge in [-0.2, -0.15) is 0 Å². The molecular formula is C17H32N2O2. The zero-order valence-electron chi connectivity index (χ0n) is 13.2. The number of nitrogens with two attached hydrogens (primary N) is 1. The molecule has 4 N–H and O–H groups in total. The monoisotopic (exact) mass is 296 g/mol. The molecule has 0 amide bonds. The second-order valence-corrected chi connectivity index (χ2v) is 6.47. The number of hydrogen-bond acceptors (Lipinski definition) is 4. The molecule has 0 aliphatic heterocycles. The fraction of sp³-hybridized carbons (Fsp3) is 0.882. The first kappa shape index (κ1) is 16.8. The number of aliphatic hydroxyl groups is 1. The van der Waals surface area contributed by atoms with E-state index in [1.807, 2.05) is 0 Å². The molecule has 2 aliphatic rings. The quantitative estimate of drug-likeness (QED) is 0.476. The van der Waals surface area contributed by atoms with Crippen molar-refractivity contribution in [3.8, 4) is 0 Å². The van der Waals surface area contributed by atoms with E-state index in [1.165, 1.54) is 37.8 Å². The number of allylic oxidation sites excluding steroid dienone is 1. The van der Waals surface area contributed by atoms with Crippen LogP contribution in [0.2, 0.25) is 0 Å². The Morgan fingerprint density at radius 2 is 2.00 bits per heavy atom. The van der Waals surface area contributed by atoms with Crippen molar-refractivity contribution in [2.24, 2.45) is 5.73 Å². The molecule has 2 unspecified atom stereocenters. The molecule has 2 aliphatic carbocycles. The molecule has 1 fully saturated rings. The van der Waals surface area contributed by atoms with E-state index in [2.05, 4.69) is 11.4 Å². The van der Waals surface area contributed by atoms with E-state index in [0.717, 1.165) is 38.5 Å². The van der Waals surface area contributed by atoms with Crippen LogP contribution in [-0.4, -0.2) is 30.1 Å². The average molecular weight is 296 g/mol. The Labute approximate surface area is 129 Å². The van der Waals surface area contributed by atoms with E-state index < -0.39 is 6.23 Å². The summed E-state index contributed by atoms with van der Waals surface area (Å²) in [6.07, 6.45) is 15.0. The SMILES string of the molecule is NCCCCC(O)NC1=CCC(OC2CCCCC2)CC1. The van der Waals surface area contributed by atoms with Gasteiger partial charge < -0.3 is 20.9 Å². The van der Waals surface area contributed by atoms with Crippen molar-refractivity contribution in [1.82, 2.24) is 5.32 Å². The lowest BCUT2D eigenvalue weighted by atomic mass is 9.96. The highest BCUT2D eigenvalue weighted by atomic mass is 16.5. The number of hydrogen-bond donors (Lipinski definition) is 3. The summed E-state index contributed by atoms with van der Waals surface area (Å²) in [4.78, 5) is 0. The van der Waals surface area contributed by atoms with Crippen LogP contribution in [0.1, 0.15) is 70.6 Å². The summed E-state index contributed by atoms with van der Waals surface area (Å²) in [5, 5.41) is 13.2. The number of aliphatic hydroxyl groups excluding tert-OH is 1. The molecule has 0 bridgehead atoms. The van der Waals surface area contributed by atoms with Gasteiger partial charge in [-0.1, -0.05) is 25.3 Å². The smallest absolute Gasteiger partial charge is 0.124 e. The second kappa shape index (κ2) is 9.44. The first-order valence-corrected chi connectivity index (χ1v) is 8.77. The largest absolute Gasteiger partial charge is 0.375 e. The normalized spacial score (nSPS) is 25.4. The van der Waals surface area contributed by atoms with Gasteiger partial charge in [-0.25, -0.2) is 0 Å². The highest BCUT2D eigenvalue weighted by Gasteiger charge is 2.21. The maximum absolute atomic E-state index is 9.93. The van der Waals surface area contributed by atoms with Gasteiger partial charge in [-0.3, -0.25) is 0 Å². The maximum Gasteiger partial charge on any atom is 0.124 e. The van der Waals surface area contributed by atoms with Crippen molar-refractivity contribution < 1.29 is 9.84 Å². The number of nitrogens with one attached hydrogen (secondary N) is 1. The maximum atomic E-state index is 9.93. The third-order valence-corrected chi connectivity index (χ3v) is 4.58. The molecule has 4 nitrogen and oxygen atoms in total. The van der Waals surface area contributed by atoms with Crippen LogP contribution in [0.5, 0.6) is 0 Å². The van der Waals surface area contributed by atoms with Crippen LogP contribution in [0.15, 0.2) is 11.8 Å². The van der Waals surface area contributed by atoms with Crippen LogP contribution < -0.4 is 11.1 Å². The Bertz CT molecular complexity index is 314. The van der Waals surface area contributed by atoms with E-state index in [1.54, 1.807) is 0 Å². The van der Waals surface area contributed by atoms with E-state index in [4.69, 9.17) is 10.5 Å². The van der Waals surface area contributed by atoms with Gasteiger partial charge in [0.05, 0.1) is 12.2 Å². The molecule has 0 aromatic carbocycles. The van der Waals surface area contributed by atoms with Gasteiger partial charge in [-0.05, 0) is 57.9 Å². The first-order valence-electron chi connectivity index (χ1n) is 8.77. The summed E-state index contributed by atoms with van der Waals surface area (Å²) in [6.45, 7) is 0.704. The number of unbranched alkanes of at least 4 members (excludes halogenated alkanes) is 1.